The molecule has 1 heterocycles. The highest BCUT2D eigenvalue weighted by atomic mass is 16.5. The van der Waals surface area contributed by atoms with Gasteiger partial charge in [-0.25, -0.2) is 0 Å². The molecule has 1 saturated heterocycles. The second-order valence-electron chi connectivity index (χ2n) is 6.43. The molecule has 1 N–H and O–H groups in total. The van der Waals surface area contributed by atoms with Crippen LogP contribution in [0.25, 0.3) is 0 Å². The predicted molar refractivity (Wildman–Crippen MR) is 102 cm³/mol. The molecule has 0 amide bonds. The van der Waals surface area contributed by atoms with Gasteiger partial charge in [-0.1, -0.05) is 12.1 Å². The normalized spacial score (nSPS) is 17.5. The predicted octanol–water partition coefficient (Wildman–Crippen LogP) is 4.13. The molecule has 5 nitrogen and oxygen atoms in total. The minimum absolute atomic E-state index is 0.00161. The average Bonchev–Trinajstić information content (AvgIpc) is 3.19. The van der Waals surface area contributed by atoms with Crippen LogP contribution in [0.1, 0.15) is 19.8 Å². The number of ether oxygens (including phenoxy) is 4. The summed E-state index contributed by atoms with van der Waals surface area (Å²) < 4.78 is 22.6. The molecule has 2 atom stereocenters. The van der Waals surface area contributed by atoms with Gasteiger partial charge in [0, 0.05) is 12.3 Å². The second-order valence-corrected chi connectivity index (χ2v) is 6.43. The number of rotatable bonds is 9. The molecule has 2 aromatic carbocycles. The molecule has 2 unspecified atom stereocenters. The van der Waals surface area contributed by atoms with Gasteiger partial charge in [-0.2, -0.15) is 0 Å². The van der Waals surface area contributed by atoms with Gasteiger partial charge in [0.25, 0.3) is 0 Å². The number of methoxy groups -OCH3 is 1. The molecule has 140 valence electrons. The Morgan fingerprint density at radius 3 is 2.58 bits per heavy atom. The van der Waals surface area contributed by atoms with E-state index in [1.807, 2.05) is 55.5 Å². The standard InChI is InChI=1S/C21H27NO4/c1-16(26-21-8-4-3-7-20(21)23-2)14-22-17-9-11-18(12-10-17)25-15-19-6-5-13-24-19/h3-4,7-12,16,19,22H,5-6,13-15H2,1-2H3. The summed E-state index contributed by atoms with van der Waals surface area (Å²) in [7, 11) is 1.65. The number of nitrogens with one attached hydrogen (secondary N) is 1. The lowest BCUT2D eigenvalue weighted by Crippen LogP contribution is -2.22. The van der Waals surface area contributed by atoms with Gasteiger partial charge in [0.05, 0.1) is 19.8 Å². The SMILES string of the molecule is COc1ccccc1OC(C)CNc1ccc(OCC2CCCO2)cc1. The van der Waals surface area contributed by atoms with Crippen molar-refractivity contribution in [3.63, 3.8) is 0 Å². The number of anilines is 1. The Balaban J connectivity index is 1.43. The molecule has 1 aliphatic rings. The van der Waals surface area contributed by atoms with Crippen LogP contribution in [0.2, 0.25) is 0 Å². The quantitative estimate of drug-likeness (QED) is 0.731. The van der Waals surface area contributed by atoms with Crippen molar-refractivity contribution >= 4 is 5.69 Å². The van der Waals surface area contributed by atoms with Crippen LogP contribution in [0.15, 0.2) is 48.5 Å². The molecule has 0 spiro atoms. The summed E-state index contributed by atoms with van der Waals surface area (Å²) >= 11 is 0. The Kier molecular flexibility index (Phi) is 6.61. The van der Waals surface area contributed by atoms with Crippen LogP contribution in [-0.4, -0.2) is 39.1 Å². The van der Waals surface area contributed by atoms with E-state index in [1.165, 1.54) is 0 Å². The first-order valence-electron chi connectivity index (χ1n) is 9.12. The van der Waals surface area contributed by atoms with Crippen LogP contribution in [0, 0.1) is 0 Å². The third-order valence-electron chi connectivity index (χ3n) is 4.31. The highest BCUT2D eigenvalue weighted by Crippen LogP contribution is 2.27. The smallest absolute Gasteiger partial charge is 0.161 e. The minimum atomic E-state index is 0.00161. The molecule has 0 aliphatic carbocycles. The topological polar surface area (TPSA) is 49.0 Å². The first kappa shape index (κ1) is 18.4. The summed E-state index contributed by atoms with van der Waals surface area (Å²) in [5.41, 5.74) is 1.03. The number of benzene rings is 2. The van der Waals surface area contributed by atoms with Gasteiger partial charge in [-0.15, -0.1) is 0 Å². The van der Waals surface area contributed by atoms with Crippen LogP contribution in [-0.2, 0) is 4.74 Å². The maximum atomic E-state index is 5.95. The van der Waals surface area contributed by atoms with Crippen molar-refractivity contribution in [2.45, 2.75) is 32.0 Å². The lowest BCUT2D eigenvalue weighted by molar-refractivity contribution is 0.0679. The average molecular weight is 357 g/mol. The zero-order chi connectivity index (χ0) is 18.2. The van der Waals surface area contributed by atoms with Crippen molar-refractivity contribution in [2.24, 2.45) is 0 Å². The van der Waals surface area contributed by atoms with Gasteiger partial charge >= 0.3 is 0 Å². The van der Waals surface area contributed by atoms with Crippen LogP contribution in [0.4, 0.5) is 5.69 Å². The van der Waals surface area contributed by atoms with Gasteiger partial charge in [0.2, 0.25) is 0 Å². The van der Waals surface area contributed by atoms with Crippen molar-refractivity contribution < 1.29 is 18.9 Å². The third kappa shape index (κ3) is 5.30. The van der Waals surface area contributed by atoms with Crippen molar-refractivity contribution in [3.8, 4) is 17.2 Å². The molecule has 3 rings (SSSR count). The molecule has 26 heavy (non-hydrogen) atoms. The maximum absolute atomic E-state index is 5.95. The Hall–Kier alpha value is -2.40. The largest absolute Gasteiger partial charge is 0.493 e. The van der Waals surface area contributed by atoms with E-state index in [0.717, 1.165) is 42.4 Å². The summed E-state index contributed by atoms with van der Waals surface area (Å²) in [6.07, 6.45) is 2.46. The van der Waals surface area contributed by atoms with Gasteiger partial charge in [0.15, 0.2) is 11.5 Å². The van der Waals surface area contributed by atoms with Crippen LogP contribution in [0.3, 0.4) is 0 Å². The lowest BCUT2D eigenvalue weighted by atomic mass is 10.2. The molecular formula is C21H27NO4. The maximum Gasteiger partial charge on any atom is 0.161 e. The summed E-state index contributed by atoms with van der Waals surface area (Å²) in [6, 6.07) is 15.7. The summed E-state index contributed by atoms with van der Waals surface area (Å²) in [5.74, 6) is 2.36. The fraction of sp³-hybridized carbons (Fsp3) is 0.429. The van der Waals surface area contributed by atoms with Crippen LogP contribution >= 0.6 is 0 Å². The molecule has 0 radical (unpaired) electrons. The zero-order valence-electron chi connectivity index (χ0n) is 15.4. The fourth-order valence-electron chi connectivity index (χ4n) is 2.87. The van der Waals surface area contributed by atoms with Gasteiger partial charge in [-0.3, -0.25) is 0 Å². The molecule has 1 aliphatic heterocycles. The molecule has 1 fully saturated rings. The van der Waals surface area contributed by atoms with E-state index in [9.17, 15) is 0 Å². The summed E-state index contributed by atoms with van der Waals surface area (Å²) in [6.45, 7) is 4.19. The molecule has 5 heteroatoms. The van der Waals surface area contributed by atoms with E-state index in [-0.39, 0.29) is 12.2 Å². The second kappa shape index (κ2) is 9.34. The van der Waals surface area contributed by atoms with E-state index >= 15 is 0 Å². The van der Waals surface area contributed by atoms with Crippen molar-refractivity contribution in [2.75, 3.05) is 32.2 Å². The minimum Gasteiger partial charge on any atom is -0.493 e. The highest BCUT2D eigenvalue weighted by Gasteiger charge is 2.15. The Morgan fingerprint density at radius 2 is 1.88 bits per heavy atom. The first-order chi connectivity index (χ1) is 12.7. The summed E-state index contributed by atoms with van der Waals surface area (Å²) in [4.78, 5) is 0. The van der Waals surface area contributed by atoms with Gasteiger partial charge in [0.1, 0.15) is 18.5 Å². The van der Waals surface area contributed by atoms with Gasteiger partial charge in [-0.05, 0) is 56.2 Å². The molecule has 0 bridgehead atoms. The van der Waals surface area contributed by atoms with E-state index in [0.29, 0.717) is 13.2 Å². The Labute approximate surface area is 155 Å². The highest BCUT2D eigenvalue weighted by molar-refractivity contribution is 5.46. The van der Waals surface area contributed by atoms with Gasteiger partial charge < -0.3 is 24.3 Å². The van der Waals surface area contributed by atoms with Crippen molar-refractivity contribution in [1.29, 1.82) is 0 Å². The molecule has 0 saturated carbocycles. The van der Waals surface area contributed by atoms with E-state index < -0.39 is 0 Å². The first-order valence-corrected chi connectivity index (χ1v) is 9.12. The van der Waals surface area contributed by atoms with E-state index in [2.05, 4.69) is 5.32 Å². The fourth-order valence-corrected chi connectivity index (χ4v) is 2.87. The third-order valence-corrected chi connectivity index (χ3v) is 4.31. The number of hydrogen-bond acceptors (Lipinski definition) is 5. The Morgan fingerprint density at radius 1 is 1.12 bits per heavy atom. The summed E-state index contributed by atoms with van der Waals surface area (Å²) in [5, 5.41) is 3.38. The number of para-hydroxylation sites is 2. The van der Waals surface area contributed by atoms with E-state index in [4.69, 9.17) is 18.9 Å². The van der Waals surface area contributed by atoms with Crippen molar-refractivity contribution in [1.82, 2.24) is 0 Å². The van der Waals surface area contributed by atoms with Crippen LogP contribution in [0.5, 0.6) is 17.2 Å². The Bertz CT molecular complexity index is 668. The zero-order valence-corrected chi connectivity index (χ0v) is 15.4. The monoisotopic (exact) mass is 357 g/mol. The molecular weight excluding hydrogens is 330 g/mol. The molecule has 0 aromatic heterocycles. The lowest BCUT2D eigenvalue weighted by Gasteiger charge is -2.18. The molecule has 2 aromatic rings. The van der Waals surface area contributed by atoms with Crippen molar-refractivity contribution in [3.05, 3.63) is 48.5 Å². The number of hydrogen-bond donors (Lipinski definition) is 1. The van der Waals surface area contributed by atoms with Crippen LogP contribution < -0.4 is 19.5 Å². The van der Waals surface area contributed by atoms with E-state index in [1.54, 1.807) is 7.11 Å².